The van der Waals surface area contributed by atoms with E-state index in [9.17, 15) is 0 Å². The second kappa shape index (κ2) is 1.45. The molecule has 0 radical (unpaired) electrons. The number of hydrogen-bond donors (Lipinski definition) is 2. The zero-order chi connectivity index (χ0) is 5.56. The summed E-state index contributed by atoms with van der Waals surface area (Å²) < 4.78 is 0. The van der Waals surface area contributed by atoms with Gasteiger partial charge in [-0.05, 0) is 24.8 Å². The van der Waals surface area contributed by atoms with Gasteiger partial charge in [-0.3, -0.25) is 0 Å². The zero-order valence-corrected chi connectivity index (χ0v) is 4.80. The summed E-state index contributed by atoms with van der Waals surface area (Å²) in [5, 5.41) is 12.0. The van der Waals surface area contributed by atoms with Gasteiger partial charge in [0.1, 0.15) is 0 Å². The summed E-state index contributed by atoms with van der Waals surface area (Å²) in [6.07, 6.45) is 1.36. The summed E-state index contributed by atoms with van der Waals surface area (Å²) in [6, 6.07) is 0.444. The predicted octanol–water partition coefficient (Wildman–Crippen LogP) is -0.413. The minimum absolute atomic E-state index is 0.334. The molecule has 0 spiro atoms. The maximum absolute atomic E-state index is 8.70. The first-order chi connectivity index (χ1) is 3.92. The normalized spacial score (nSPS) is 51.4. The molecule has 1 aliphatic heterocycles. The van der Waals surface area contributed by atoms with Crippen LogP contribution in [0, 0.1) is 11.8 Å². The number of rotatable bonds is 1. The van der Waals surface area contributed by atoms with Crippen LogP contribution < -0.4 is 5.32 Å². The van der Waals surface area contributed by atoms with Crippen LogP contribution in [0.15, 0.2) is 0 Å². The highest BCUT2D eigenvalue weighted by Gasteiger charge is 2.47. The van der Waals surface area contributed by atoms with Crippen LogP contribution in [0.5, 0.6) is 0 Å². The van der Waals surface area contributed by atoms with Gasteiger partial charge in [0.2, 0.25) is 0 Å². The first-order valence-electron chi connectivity index (χ1n) is 3.26. The highest BCUT2D eigenvalue weighted by Crippen LogP contribution is 2.44. The average Bonchev–Trinajstić information content (AvgIpc) is 2.46. The first kappa shape index (κ1) is 4.77. The second-order valence-corrected chi connectivity index (χ2v) is 2.86. The molecule has 0 aromatic heterocycles. The van der Waals surface area contributed by atoms with Crippen molar-refractivity contribution in [1.82, 2.24) is 5.32 Å². The van der Waals surface area contributed by atoms with Gasteiger partial charge in [0.25, 0.3) is 0 Å². The molecule has 1 aliphatic carbocycles. The van der Waals surface area contributed by atoms with Gasteiger partial charge in [-0.25, -0.2) is 0 Å². The lowest BCUT2D eigenvalue weighted by Crippen LogP contribution is -2.29. The Balaban J connectivity index is 1.97. The summed E-state index contributed by atoms with van der Waals surface area (Å²) in [7, 11) is 0. The van der Waals surface area contributed by atoms with E-state index in [1.165, 1.54) is 6.42 Å². The third kappa shape index (κ3) is 0.501. The highest BCUT2D eigenvalue weighted by atomic mass is 16.3. The van der Waals surface area contributed by atoms with Gasteiger partial charge in [0.15, 0.2) is 0 Å². The molecule has 2 heteroatoms. The number of piperidine rings is 1. The van der Waals surface area contributed by atoms with Crippen molar-refractivity contribution >= 4 is 0 Å². The molecule has 2 fully saturated rings. The van der Waals surface area contributed by atoms with E-state index in [1.54, 1.807) is 0 Å². The number of nitrogens with one attached hydrogen (secondary N) is 1. The molecular formula is C6H11NO. The highest BCUT2D eigenvalue weighted by molar-refractivity contribution is 5.01. The van der Waals surface area contributed by atoms with Gasteiger partial charge in [-0.2, -0.15) is 0 Å². The second-order valence-electron chi connectivity index (χ2n) is 2.86. The van der Waals surface area contributed by atoms with Gasteiger partial charge < -0.3 is 10.4 Å². The maximum atomic E-state index is 8.70. The van der Waals surface area contributed by atoms with Crippen molar-refractivity contribution in [2.45, 2.75) is 12.5 Å². The molecule has 2 aliphatic rings. The van der Waals surface area contributed by atoms with Crippen LogP contribution in [-0.2, 0) is 0 Å². The van der Waals surface area contributed by atoms with Gasteiger partial charge in [-0.15, -0.1) is 0 Å². The van der Waals surface area contributed by atoms with Crippen molar-refractivity contribution in [2.75, 3.05) is 13.2 Å². The smallest absolute Gasteiger partial charge is 0.0587 e. The fraction of sp³-hybridized carbons (Fsp3) is 1.00. The van der Waals surface area contributed by atoms with E-state index in [1.807, 2.05) is 0 Å². The van der Waals surface area contributed by atoms with E-state index in [0.29, 0.717) is 12.6 Å². The number of aliphatic hydroxyl groups excluding tert-OH is 1. The van der Waals surface area contributed by atoms with Crippen LogP contribution in [0.4, 0.5) is 0 Å². The lowest BCUT2D eigenvalue weighted by atomic mass is 10.2. The van der Waals surface area contributed by atoms with Gasteiger partial charge >= 0.3 is 0 Å². The molecule has 0 aromatic rings. The third-order valence-corrected chi connectivity index (χ3v) is 2.33. The van der Waals surface area contributed by atoms with E-state index >= 15 is 0 Å². The number of fused-ring (bicyclic) bond motifs is 1. The van der Waals surface area contributed by atoms with E-state index in [2.05, 4.69) is 5.32 Å². The SMILES string of the molecule is OC[C@H]1NC[C@@H]2C[C@H]21. The molecule has 46 valence electrons. The van der Waals surface area contributed by atoms with Crippen LogP contribution in [0.1, 0.15) is 6.42 Å². The summed E-state index contributed by atoms with van der Waals surface area (Å²) in [5.74, 6) is 1.76. The number of aliphatic hydroxyl groups is 1. The molecule has 2 nitrogen and oxygen atoms in total. The molecule has 0 unspecified atom stereocenters. The van der Waals surface area contributed by atoms with E-state index in [0.717, 1.165) is 18.4 Å². The molecule has 2 rings (SSSR count). The van der Waals surface area contributed by atoms with Gasteiger partial charge in [0, 0.05) is 6.04 Å². The molecular weight excluding hydrogens is 102 g/mol. The van der Waals surface area contributed by atoms with Crippen LogP contribution in [0.25, 0.3) is 0 Å². The van der Waals surface area contributed by atoms with Crippen molar-refractivity contribution in [1.29, 1.82) is 0 Å². The average molecular weight is 113 g/mol. The largest absolute Gasteiger partial charge is 0.395 e. The number of hydrogen-bond acceptors (Lipinski definition) is 2. The van der Waals surface area contributed by atoms with Crippen molar-refractivity contribution in [3.8, 4) is 0 Å². The minimum atomic E-state index is 0.334. The van der Waals surface area contributed by atoms with Crippen molar-refractivity contribution < 1.29 is 5.11 Å². The third-order valence-electron chi connectivity index (χ3n) is 2.33. The summed E-state index contributed by atoms with van der Waals surface area (Å²) in [4.78, 5) is 0. The first-order valence-corrected chi connectivity index (χ1v) is 3.26. The molecule has 0 amide bonds. The van der Waals surface area contributed by atoms with E-state index < -0.39 is 0 Å². The molecule has 0 bridgehead atoms. The molecule has 8 heavy (non-hydrogen) atoms. The quantitative estimate of drug-likeness (QED) is 0.484. The van der Waals surface area contributed by atoms with Crippen LogP contribution in [-0.4, -0.2) is 24.3 Å². The predicted molar refractivity (Wildman–Crippen MR) is 30.5 cm³/mol. The lowest BCUT2D eigenvalue weighted by Gasteiger charge is -2.06. The summed E-state index contributed by atoms with van der Waals surface area (Å²) in [6.45, 7) is 1.48. The standard InChI is InChI=1S/C6H11NO/c8-3-6-5-1-4(5)2-7-6/h4-8H,1-3H2/t4-,5+,6+/m0/s1. The Morgan fingerprint density at radius 2 is 2.50 bits per heavy atom. The Hall–Kier alpha value is -0.0800. The van der Waals surface area contributed by atoms with Gasteiger partial charge in [-0.1, -0.05) is 0 Å². The minimum Gasteiger partial charge on any atom is -0.395 e. The fourth-order valence-corrected chi connectivity index (χ4v) is 1.65. The van der Waals surface area contributed by atoms with E-state index in [-0.39, 0.29) is 0 Å². The molecule has 1 heterocycles. The Morgan fingerprint density at radius 3 is 2.75 bits per heavy atom. The molecule has 3 atom stereocenters. The van der Waals surface area contributed by atoms with Crippen LogP contribution in [0.2, 0.25) is 0 Å². The Morgan fingerprint density at radius 1 is 1.62 bits per heavy atom. The zero-order valence-electron chi connectivity index (χ0n) is 4.80. The molecule has 2 N–H and O–H groups in total. The van der Waals surface area contributed by atoms with Crippen molar-refractivity contribution in [3.05, 3.63) is 0 Å². The molecule has 0 aromatic carbocycles. The Bertz CT molecular complexity index is 105. The van der Waals surface area contributed by atoms with E-state index in [4.69, 9.17) is 5.11 Å². The van der Waals surface area contributed by atoms with Gasteiger partial charge in [0.05, 0.1) is 6.61 Å². The van der Waals surface area contributed by atoms with Crippen LogP contribution in [0.3, 0.4) is 0 Å². The summed E-state index contributed by atoms with van der Waals surface area (Å²) >= 11 is 0. The Labute approximate surface area is 48.9 Å². The fourth-order valence-electron chi connectivity index (χ4n) is 1.65. The van der Waals surface area contributed by atoms with Crippen LogP contribution >= 0.6 is 0 Å². The monoisotopic (exact) mass is 113 g/mol. The topological polar surface area (TPSA) is 32.3 Å². The molecule has 1 saturated carbocycles. The van der Waals surface area contributed by atoms with Crippen molar-refractivity contribution in [3.63, 3.8) is 0 Å². The summed E-state index contributed by atoms with van der Waals surface area (Å²) in [5.41, 5.74) is 0. The van der Waals surface area contributed by atoms with Crippen molar-refractivity contribution in [2.24, 2.45) is 11.8 Å². The molecule has 1 saturated heterocycles. The Kier molecular flexibility index (Phi) is 0.866. The lowest BCUT2D eigenvalue weighted by molar-refractivity contribution is 0.242. The maximum Gasteiger partial charge on any atom is 0.0587 e.